The molecule has 0 radical (unpaired) electrons. The smallest absolute Gasteiger partial charge is 0.230 e. The quantitative estimate of drug-likeness (QED) is 0.572. The third kappa shape index (κ3) is 3.51. The first-order chi connectivity index (χ1) is 14.3. The Hall–Kier alpha value is -3.48. The Bertz CT molecular complexity index is 1160. The number of hydrogen-bond acceptors (Lipinski definition) is 5. The SMILES string of the molecule is O=C(Cc1noc2ccccc12)Nc1ccc(-c2nnc3n2CCCCC3)cc1. The zero-order valence-corrected chi connectivity index (χ0v) is 16.0. The summed E-state index contributed by atoms with van der Waals surface area (Å²) in [6.07, 6.45) is 4.70. The number of aromatic nitrogens is 4. The van der Waals surface area contributed by atoms with Crippen LogP contribution in [0.2, 0.25) is 0 Å². The van der Waals surface area contributed by atoms with Gasteiger partial charge in [0.25, 0.3) is 0 Å². The number of amides is 1. The molecule has 0 bridgehead atoms. The van der Waals surface area contributed by atoms with E-state index in [0.29, 0.717) is 11.3 Å². The Morgan fingerprint density at radius 3 is 2.79 bits per heavy atom. The van der Waals surface area contributed by atoms with Crippen molar-refractivity contribution >= 4 is 22.6 Å². The van der Waals surface area contributed by atoms with Crippen LogP contribution in [0.3, 0.4) is 0 Å². The molecule has 1 aliphatic heterocycles. The van der Waals surface area contributed by atoms with Gasteiger partial charge in [-0.25, -0.2) is 0 Å². The van der Waals surface area contributed by atoms with E-state index in [4.69, 9.17) is 4.52 Å². The molecule has 1 amide bonds. The molecule has 0 unspecified atom stereocenters. The summed E-state index contributed by atoms with van der Waals surface area (Å²) in [7, 11) is 0. The van der Waals surface area contributed by atoms with Crippen LogP contribution in [0.4, 0.5) is 5.69 Å². The van der Waals surface area contributed by atoms with Crippen molar-refractivity contribution in [3.05, 3.63) is 60.0 Å². The number of carbonyl (C=O) groups is 1. The standard InChI is InChI=1S/C22H21N5O2/c28-21(14-18-17-6-3-4-7-19(17)29-26-18)23-16-11-9-15(10-12-16)22-25-24-20-8-2-1-5-13-27(20)22/h3-4,6-7,9-12H,1-2,5,8,13-14H2,(H,23,28). The molecule has 4 aromatic rings. The van der Waals surface area contributed by atoms with Crippen molar-refractivity contribution < 1.29 is 9.32 Å². The molecule has 1 N–H and O–H groups in total. The number of nitrogens with zero attached hydrogens (tertiary/aromatic N) is 4. The minimum absolute atomic E-state index is 0.131. The molecule has 3 heterocycles. The lowest BCUT2D eigenvalue weighted by atomic mass is 10.1. The fourth-order valence-corrected chi connectivity index (χ4v) is 3.82. The maximum atomic E-state index is 12.4. The first kappa shape index (κ1) is 17.6. The Labute approximate surface area is 167 Å². The van der Waals surface area contributed by atoms with Crippen LogP contribution in [0, 0.1) is 0 Å². The molecule has 7 nitrogen and oxygen atoms in total. The van der Waals surface area contributed by atoms with Gasteiger partial charge in [-0.1, -0.05) is 23.7 Å². The topological polar surface area (TPSA) is 85.8 Å². The van der Waals surface area contributed by atoms with Crippen LogP contribution in [-0.4, -0.2) is 25.8 Å². The third-order valence-electron chi connectivity index (χ3n) is 5.32. The molecular weight excluding hydrogens is 366 g/mol. The average molecular weight is 387 g/mol. The number of benzene rings is 2. The molecule has 2 aromatic heterocycles. The molecule has 5 rings (SSSR count). The van der Waals surface area contributed by atoms with Gasteiger partial charge in [0.2, 0.25) is 5.91 Å². The van der Waals surface area contributed by atoms with E-state index in [1.165, 1.54) is 12.8 Å². The normalized spacial score (nSPS) is 13.8. The zero-order valence-electron chi connectivity index (χ0n) is 16.0. The first-order valence-corrected chi connectivity index (χ1v) is 9.93. The van der Waals surface area contributed by atoms with Crippen molar-refractivity contribution in [2.75, 3.05) is 5.32 Å². The molecule has 146 valence electrons. The van der Waals surface area contributed by atoms with Crippen molar-refractivity contribution in [1.29, 1.82) is 0 Å². The summed E-state index contributed by atoms with van der Waals surface area (Å²) in [4.78, 5) is 12.4. The average Bonchev–Trinajstić information content (AvgIpc) is 3.25. The maximum Gasteiger partial charge on any atom is 0.230 e. The molecule has 2 aromatic carbocycles. The molecule has 1 aliphatic rings. The lowest BCUT2D eigenvalue weighted by Gasteiger charge is -2.08. The second-order valence-electron chi connectivity index (χ2n) is 7.33. The Balaban J connectivity index is 1.29. The van der Waals surface area contributed by atoms with Crippen molar-refractivity contribution in [1.82, 2.24) is 19.9 Å². The summed E-state index contributed by atoms with van der Waals surface area (Å²) < 4.78 is 7.48. The Morgan fingerprint density at radius 1 is 1.03 bits per heavy atom. The summed E-state index contributed by atoms with van der Waals surface area (Å²) in [6, 6.07) is 15.3. The fourth-order valence-electron chi connectivity index (χ4n) is 3.82. The fraction of sp³-hybridized carbons (Fsp3) is 0.273. The molecule has 7 heteroatoms. The highest BCUT2D eigenvalue weighted by molar-refractivity contribution is 5.94. The lowest BCUT2D eigenvalue weighted by molar-refractivity contribution is -0.115. The molecule has 0 saturated heterocycles. The van der Waals surface area contributed by atoms with Gasteiger partial charge >= 0.3 is 0 Å². The van der Waals surface area contributed by atoms with Crippen LogP contribution in [0.15, 0.2) is 53.1 Å². The molecule has 0 saturated carbocycles. The number of aryl methyl sites for hydroxylation is 1. The zero-order chi connectivity index (χ0) is 19.6. The van der Waals surface area contributed by atoms with E-state index in [2.05, 4.69) is 25.2 Å². The number of hydrogen-bond donors (Lipinski definition) is 1. The number of para-hydroxylation sites is 1. The van der Waals surface area contributed by atoms with Gasteiger partial charge < -0.3 is 14.4 Å². The maximum absolute atomic E-state index is 12.4. The molecule has 0 aliphatic carbocycles. The minimum Gasteiger partial charge on any atom is -0.356 e. The van der Waals surface area contributed by atoms with E-state index < -0.39 is 0 Å². The third-order valence-corrected chi connectivity index (χ3v) is 5.32. The molecule has 0 fully saturated rings. The van der Waals surface area contributed by atoms with Crippen LogP contribution < -0.4 is 5.32 Å². The molecule has 0 spiro atoms. The number of fused-ring (bicyclic) bond motifs is 2. The minimum atomic E-state index is -0.131. The van der Waals surface area contributed by atoms with Crippen molar-refractivity contribution in [2.45, 2.75) is 38.6 Å². The van der Waals surface area contributed by atoms with Gasteiger partial charge in [0.05, 0.1) is 6.42 Å². The molecular formula is C22H21N5O2. The van der Waals surface area contributed by atoms with E-state index in [9.17, 15) is 4.79 Å². The summed E-state index contributed by atoms with van der Waals surface area (Å²) in [5, 5.41) is 16.6. The van der Waals surface area contributed by atoms with Gasteiger partial charge in [-0.2, -0.15) is 0 Å². The second kappa shape index (κ2) is 7.50. The van der Waals surface area contributed by atoms with Gasteiger partial charge in [0, 0.05) is 29.6 Å². The van der Waals surface area contributed by atoms with E-state index in [-0.39, 0.29) is 12.3 Å². The predicted octanol–water partition coefficient (Wildman–Crippen LogP) is 3.99. The summed E-state index contributed by atoms with van der Waals surface area (Å²) in [6.45, 7) is 0.960. The van der Waals surface area contributed by atoms with E-state index in [1.807, 2.05) is 48.5 Å². The van der Waals surface area contributed by atoms with Crippen LogP contribution in [-0.2, 0) is 24.2 Å². The summed E-state index contributed by atoms with van der Waals surface area (Å²) in [5.41, 5.74) is 3.07. The predicted molar refractivity (Wildman–Crippen MR) is 109 cm³/mol. The highest BCUT2D eigenvalue weighted by Crippen LogP contribution is 2.24. The number of carbonyl (C=O) groups excluding carboxylic acids is 1. The number of rotatable bonds is 4. The lowest BCUT2D eigenvalue weighted by Crippen LogP contribution is -2.14. The summed E-state index contributed by atoms with van der Waals surface area (Å²) in [5.74, 6) is 1.83. The van der Waals surface area contributed by atoms with Crippen molar-refractivity contribution in [3.63, 3.8) is 0 Å². The van der Waals surface area contributed by atoms with Crippen molar-refractivity contribution in [3.8, 4) is 11.4 Å². The van der Waals surface area contributed by atoms with Gasteiger partial charge in [-0.3, -0.25) is 4.79 Å². The molecule has 29 heavy (non-hydrogen) atoms. The number of nitrogens with one attached hydrogen (secondary N) is 1. The Morgan fingerprint density at radius 2 is 1.90 bits per heavy atom. The Kier molecular flexibility index (Phi) is 4.56. The van der Waals surface area contributed by atoms with E-state index in [1.54, 1.807) is 0 Å². The monoisotopic (exact) mass is 387 g/mol. The van der Waals surface area contributed by atoms with E-state index >= 15 is 0 Å². The second-order valence-corrected chi connectivity index (χ2v) is 7.33. The van der Waals surface area contributed by atoms with Crippen LogP contribution in [0.1, 0.15) is 30.8 Å². The highest BCUT2D eigenvalue weighted by Gasteiger charge is 2.16. The van der Waals surface area contributed by atoms with Crippen LogP contribution >= 0.6 is 0 Å². The van der Waals surface area contributed by atoms with E-state index in [0.717, 1.165) is 47.7 Å². The number of anilines is 1. The first-order valence-electron chi connectivity index (χ1n) is 9.93. The van der Waals surface area contributed by atoms with Gasteiger partial charge in [-0.05, 0) is 49.2 Å². The van der Waals surface area contributed by atoms with Gasteiger partial charge in [-0.15, -0.1) is 10.2 Å². The summed E-state index contributed by atoms with van der Waals surface area (Å²) >= 11 is 0. The van der Waals surface area contributed by atoms with Gasteiger partial charge in [0.1, 0.15) is 11.5 Å². The highest BCUT2D eigenvalue weighted by atomic mass is 16.5. The largest absolute Gasteiger partial charge is 0.356 e. The van der Waals surface area contributed by atoms with Gasteiger partial charge in [0.15, 0.2) is 11.4 Å². The van der Waals surface area contributed by atoms with Crippen LogP contribution in [0.5, 0.6) is 0 Å². The molecule has 0 atom stereocenters. The van der Waals surface area contributed by atoms with Crippen LogP contribution in [0.25, 0.3) is 22.4 Å². The van der Waals surface area contributed by atoms with Crippen molar-refractivity contribution in [2.24, 2.45) is 0 Å².